The Morgan fingerprint density at radius 2 is 1.86 bits per heavy atom. The molecule has 150 valence electrons. The molecule has 1 aliphatic heterocycles. The summed E-state index contributed by atoms with van der Waals surface area (Å²) in [5.41, 5.74) is 0.0698. The number of anilines is 1. The number of hydrogen-bond acceptors (Lipinski definition) is 4. The van der Waals surface area contributed by atoms with Crippen LogP contribution in [0, 0.1) is 6.92 Å². The first-order valence-corrected chi connectivity index (χ1v) is 8.76. The largest absolute Gasteiger partial charge is 0.496 e. The molecule has 0 bridgehead atoms. The number of aryl methyl sites for hydroxylation is 1. The normalized spacial score (nSPS) is 16.2. The second-order valence-electron chi connectivity index (χ2n) is 6.23. The first-order valence-electron chi connectivity index (χ1n) is 8.35. The van der Waals surface area contributed by atoms with Crippen molar-refractivity contribution in [3.8, 4) is 5.75 Å². The van der Waals surface area contributed by atoms with Crippen molar-refractivity contribution in [2.24, 2.45) is 0 Å². The lowest BCUT2D eigenvalue weighted by atomic mass is 10.0. The SMILES string of the molecule is COc1ccc(/C=C2\C(=O)NC(=S)N(c3cccc(C(F)(F)F)c3)C2=O)cc1C. The summed E-state index contributed by atoms with van der Waals surface area (Å²) in [6, 6.07) is 9.22. The number of ether oxygens (including phenoxy) is 1. The van der Waals surface area contributed by atoms with Gasteiger partial charge in [0.05, 0.1) is 18.4 Å². The van der Waals surface area contributed by atoms with Gasteiger partial charge in [0.15, 0.2) is 5.11 Å². The van der Waals surface area contributed by atoms with E-state index < -0.39 is 23.6 Å². The van der Waals surface area contributed by atoms with Crippen LogP contribution in [0.4, 0.5) is 18.9 Å². The number of rotatable bonds is 3. The smallest absolute Gasteiger partial charge is 0.416 e. The maximum absolute atomic E-state index is 13.0. The molecule has 5 nitrogen and oxygen atoms in total. The summed E-state index contributed by atoms with van der Waals surface area (Å²) in [5.74, 6) is -0.901. The fourth-order valence-electron chi connectivity index (χ4n) is 2.87. The predicted molar refractivity (Wildman–Crippen MR) is 105 cm³/mol. The minimum absolute atomic E-state index is 0.0911. The molecule has 1 heterocycles. The lowest BCUT2D eigenvalue weighted by molar-refractivity contribution is -0.137. The van der Waals surface area contributed by atoms with E-state index >= 15 is 0 Å². The fourth-order valence-corrected chi connectivity index (χ4v) is 3.15. The van der Waals surface area contributed by atoms with E-state index in [9.17, 15) is 22.8 Å². The van der Waals surface area contributed by atoms with Gasteiger partial charge in [0.2, 0.25) is 0 Å². The van der Waals surface area contributed by atoms with Crippen molar-refractivity contribution in [2.45, 2.75) is 13.1 Å². The fraction of sp³-hybridized carbons (Fsp3) is 0.150. The van der Waals surface area contributed by atoms with E-state index in [2.05, 4.69) is 5.32 Å². The highest BCUT2D eigenvalue weighted by Gasteiger charge is 2.36. The summed E-state index contributed by atoms with van der Waals surface area (Å²) in [4.78, 5) is 26.1. The van der Waals surface area contributed by atoms with Crippen molar-refractivity contribution in [3.63, 3.8) is 0 Å². The molecular weight excluding hydrogens is 405 g/mol. The molecule has 0 atom stereocenters. The van der Waals surface area contributed by atoms with Gasteiger partial charge in [0.25, 0.3) is 11.8 Å². The van der Waals surface area contributed by atoms with E-state index in [1.165, 1.54) is 25.3 Å². The van der Waals surface area contributed by atoms with Crippen LogP contribution < -0.4 is 15.0 Å². The Balaban J connectivity index is 2.02. The monoisotopic (exact) mass is 420 g/mol. The average molecular weight is 420 g/mol. The van der Waals surface area contributed by atoms with Gasteiger partial charge < -0.3 is 4.74 Å². The average Bonchev–Trinajstić information content (AvgIpc) is 2.65. The number of nitrogens with zero attached hydrogens (tertiary/aromatic N) is 1. The van der Waals surface area contributed by atoms with E-state index in [0.29, 0.717) is 11.3 Å². The van der Waals surface area contributed by atoms with Gasteiger partial charge in [-0.05, 0) is 66.7 Å². The lowest BCUT2D eigenvalue weighted by Crippen LogP contribution is -2.54. The summed E-state index contributed by atoms with van der Waals surface area (Å²) < 4.78 is 44.3. The zero-order chi connectivity index (χ0) is 21.3. The van der Waals surface area contributed by atoms with Crippen molar-refractivity contribution in [1.29, 1.82) is 0 Å². The molecular formula is C20H15F3N2O3S. The molecule has 1 N–H and O–H groups in total. The minimum atomic E-state index is -4.58. The maximum Gasteiger partial charge on any atom is 0.416 e. The Morgan fingerprint density at radius 1 is 1.14 bits per heavy atom. The van der Waals surface area contributed by atoms with Crippen molar-refractivity contribution in [2.75, 3.05) is 12.0 Å². The van der Waals surface area contributed by atoms with Crippen molar-refractivity contribution < 1.29 is 27.5 Å². The Hall–Kier alpha value is -3.20. The molecule has 1 fully saturated rings. The Labute approximate surface area is 169 Å². The number of amides is 2. The molecule has 0 saturated carbocycles. The van der Waals surface area contributed by atoms with Crippen LogP contribution in [0.5, 0.6) is 5.75 Å². The molecule has 2 amide bonds. The number of hydrogen-bond donors (Lipinski definition) is 1. The molecule has 2 aromatic carbocycles. The van der Waals surface area contributed by atoms with E-state index in [-0.39, 0.29) is 16.4 Å². The molecule has 1 saturated heterocycles. The number of alkyl halides is 3. The van der Waals surface area contributed by atoms with Crippen LogP contribution in [0.15, 0.2) is 48.0 Å². The first-order chi connectivity index (χ1) is 13.6. The number of thiocarbonyl (C=S) groups is 1. The molecule has 29 heavy (non-hydrogen) atoms. The summed E-state index contributed by atoms with van der Waals surface area (Å²) in [7, 11) is 1.52. The summed E-state index contributed by atoms with van der Waals surface area (Å²) in [6.07, 6.45) is -3.23. The van der Waals surface area contributed by atoms with Gasteiger partial charge in [-0.25, -0.2) is 0 Å². The Kier molecular flexibility index (Phi) is 5.43. The number of methoxy groups -OCH3 is 1. The highest BCUT2D eigenvalue weighted by Crippen LogP contribution is 2.32. The number of carbonyl (C=O) groups is 2. The van der Waals surface area contributed by atoms with Crippen LogP contribution in [-0.2, 0) is 15.8 Å². The molecule has 3 rings (SSSR count). The zero-order valence-electron chi connectivity index (χ0n) is 15.3. The lowest BCUT2D eigenvalue weighted by Gasteiger charge is -2.29. The van der Waals surface area contributed by atoms with Crippen LogP contribution in [-0.4, -0.2) is 24.0 Å². The molecule has 0 unspecified atom stereocenters. The van der Waals surface area contributed by atoms with Gasteiger partial charge in [-0.2, -0.15) is 13.2 Å². The molecule has 0 spiro atoms. The van der Waals surface area contributed by atoms with Gasteiger partial charge >= 0.3 is 6.18 Å². The van der Waals surface area contributed by atoms with Crippen LogP contribution in [0.2, 0.25) is 0 Å². The van der Waals surface area contributed by atoms with Gasteiger partial charge in [0, 0.05) is 0 Å². The van der Waals surface area contributed by atoms with Gasteiger partial charge in [-0.3, -0.25) is 19.8 Å². The Bertz CT molecular complexity index is 1050. The third kappa shape index (κ3) is 4.14. The minimum Gasteiger partial charge on any atom is -0.496 e. The molecule has 9 heteroatoms. The molecule has 2 aromatic rings. The second-order valence-corrected chi connectivity index (χ2v) is 6.62. The quantitative estimate of drug-likeness (QED) is 0.466. The maximum atomic E-state index is 13.0. The number of halogens is 3. The number of benzene rings is 2. The highest BCUT2D eigenvalue weighted by molar-refractivity contribution is 7.80. The van der Waals surface area contributed by atoms with E-state index in [1.807, 2.05) is 0 Å². The number of nitrogens with one attached hydrogen (secondary N) is 1. The van der Waals surface area contributed by atoms with Crippen LogP contribution in [0.25, 0.3) is 6.08 Å². The third-order valence-corrected chi connectivity index (χ3v) is 4.55. The number of carbonyl (C=O) groups excluding carboxylic acids is 2. The van der Waals surface area contributed by atoms with Crippen molar-refractivity contribution in [1.82, 2.24) is 5.32 Å². The van der Waals surface area contributed by atoms with Crippen LogP contribution in [0.3, 0.4) is 0 Å². The predicted octanol–water partition coefficient (Wildman–Crippen LogP) is 3.85. The second kappa shape index (κ2) is 7.67. The van der Waals surface area contributed by atoms with E-state index in [0.717, 1.165) is 22.6 Å². The first kappa shape index (κ1) is 20.5. The highest BCUT2D eigenvalue weighted by atomic mass is 32.1. The zero-order valence-corrected chi connectivity index (χ0v) is 16.1. The van der Waals surface area contributed by atoms with Gasteiger partial charge in [0.1, 0.15) is 11.3 Å². The molecule has 0 radical (unpaired) electrons. The van der Waals surface area contributed by atoms with Crippen LogP contribution in [0.1, 0.15) is 16.7 Å². The summed E-state index contributed by atoms with van der Waals surface area (Å²) >= 11 is 5.02. The molecule has 0 aliphatic carbocycles. The summed E-state index contributed by atoms with van der Waals surface area (Å²) in [6.45, 7) is 1.80. The van der Waals surface area contributed by atoms with Crippen molar-refractivity contribution in [3.05, 3.63) is 64.7 Å². The molecule has 0 aromatic heterocycles. The van der Waals surface area contributed by atoms with Crippen molar-refractivity contribution >= 4 is 40.9 Å². The Morgan fingerprint density at radius 3 is 2.48 bits per heavy atom. The van der Waals surface area contributed by atoms with Gasteiger partial charge in [-0.1, -0.05) is 12.1 Å². The standard InChI is InChI=1S/C20H15F3N2O3S/c1-11-8-12(6-7-16(11)28-2)9-15-17(26)24-19(29)25(18(15)27)14-5-3-4-13(10-14)20(21,22)23/h3-10H,1-2H3,(H,24,26,29)/b15-9+. The third-order valence-electron chi connectivity index (χ3n) is 4.26. The van der Waals surface area contributed by atoms with E-state index in [1.54, 1.807) is 25.1 Å². The summed E-state index contributed by atoms with van der Waals surface area (Å²) in [5, 5.41) is 2.06. The molecule has 1 aliphatic rings. The topological polar surface area (TPSA) is 58.6 Å². The van der Waals surface area contributed by atoms with E-state index in [4.69, 9.17) is 17.0 Å². The van der Waals surface area contributed by atoms with Crippen LogP contribution >= 0.6 is 12.2 Å². The van der Waals surface area contributed by atoms with Gasteiger partial charge in [-0.15, -0.1) is 0 Å².